The Hall–Kier alpha value is -2.67. The van der Waals surface area contributed by atoms with Gasteiger partial charge in [-0.25, -0.2) is 4.39 Å². The monoisotopic (exact) mass is 360 g/mol. The largest absolute Gasteiger partial charge is 0.358 e. The van der Waals surface area contributed by atoms with Crippen molar-refractivity contribution in [3.8, 4) is 11.6 Å². The van der Waals surface area contributed by atoms with Crippen LogP contribution in [0.25, 0.3) is 5.69 Å². The lowest BCUT2D eigenvalue weighted by molar-refractivity contribution is 0.465. The van der Waals surface area contributed by atoms with Gasteiger partial charge in [0, 0.05) is 6.07 Å². The molecule has 3 aromatic rings. The van der Waals surface area contributed by atoms with Crippen molar-refractivity contribution >= 4 is 10.1 Å². The number of nitrogens with zero attached hydrogens (tertiary/aromatic N) is 2. The van der Waals surface area contributed by atoms with Crippen LogP contribution in [0.4, 0.5) is 4.39 Å². The van der Waals surface area contributed by atoms with Crippen molar-refractivity contribution in [2.24, 2.45) is 0 Å². The van der Waals surface area contributed by atoms with Crippen LogP contribution in [0, 0.1) is 12.7 Å². The van der Waals surface area contributed by atoms with E-state index in [1.54, 1.807) is 18.2 Å². The van der Waals surface area contributed by atoms with E-state index in [0.29, 0.717) is 17.8 Å². The summed E-state index contributed by atoms with van der Waals surface area (Å²) in [6.45, 7) is 3.77. The van der Waals surface area contributed by atoms with E-state index >= 15 is 0 Å². The lowest BCUT2D eigenvalue weighted by atomic mass is 10.2. The van der Waals surface area contributed by atoms with Gasteiger partial charge in [0.05, 0.1) is 11.4 Å². The molecule has 0 bridgehead atoms. The van der Waals surface area contributed by atoms with Gasteiger partial charge in [0.1, 0.15) is 10.7 Å². The quantitative estimate of drug-likeness (QED) is 0.652. The SMILES string of the molecule is CCc1cc(OS(=O)(=O)c2ccc(C)cc2)n(-c2ccc(F)cc2)n1. The second-order valence-electron chi connectivity index (χ2n) is 5.57. The van der Waals surface area contributed by atoms with Crippen LogP contribution < -0.4 is 4.18 Å². The fourth-order valence-corrected chi connectivity index (χ4v) is 3.18. The fourth-order valence-electron chi connectivity index (χ4n) is 2.28. The first-order chi connectivity index (χ1) is 11.9. The highest BCUT2D eigenvalue weighted by atomic mass is 32.2. The second-order valence-corrected chi connectivity index (χ2v) is 7.11. The van der Waals surface area contributed by atoms with Gasteiger partial charge in [-0.2, -0.15) is 18.2 Å². The predicted octanol–water partition coefficient (Wildman–Crippen LogP) is 3.65. The molecule has 0 aliphatic heterocycles. The van der Waals surface area contributed by atoms with E-state index in [4.69, 9.17) is 4.18 Å². The van der Waals surface area contributed by atoms with Crippen LogP contribution in [0.15, 0.2) is 59.5 Å². The zero-order valence-electron chi connectivity index (χ0n) is 13.8. The molecule has 0 aliphatic carbocycles. The van der Waals surface area contributed by atoms with Gasteiger partial charge >= 0.3 is 10.1 Å². The van der Waals surface area contributed by atoms with Gasteiger partial charge < -0.3 is 4.18 Å². The molecule has 0 saturated heterocycles. The number of rotatable bonds is 5. The first-order valence-electron chi connectivity index (χ1n) is 7.75. The van der Waals surface area contributed by atoms with Crippen molar-refractivity contribution < 1.29 is 17.0 Å². The number of benzene rings is 2. The van der Waals surface area contributed by atoms with Crippen LogP contribution in [-0.4, -0.2) is 18.2 Å². The van der Waals surface area contributed by atoms with Crippen LogP contribution in [0.5, 0.6) is 5.88 Å². The van der Waals surface area contributed by atoms with Crippen molar-refractivity contribution in [2.75, 3.05) is 0 Å². The van der Waals surface area contributed by atoms with E-state index in [2.05, 4.69) is 5.10 Å². The van der Waals surface area contributed by atoms with E-state index in [9.17, 15) is 12.8 Å². The molecule has 0 saturated carbocycles. The van der Waals surface area contributed by atoms with Gasteiger partial charge in [-0.05, 0) is 49.7 Å². The summed E-state index contributed by atoms with van der Waals surface area (Å²) in [5.74, 6) is -0.328. The average molecular weight is 360 g/mol. The van der Waals surface area contributed by atoms with Crippen LogP contribution in [0.2, 0.25) is 0 Å². The molecule has 2 aromatic carbocycles. The minimum Gasteiger partial charge on any atom is -0.358 e. The lowest BCUT2D eigenvalue weighted by Gasteiger charge is -2.09. The number of hydrogen-bond acceptors (Lipinski definition) is 4. The number of aryl methyl sites for hydroxylation is 2. The molecule has 25 heavy (non-hydrogen) atoms. The molecule has 0 aliphatic rings. The highest BCUT2D eigenvalue weighted by Crippen LogP contribution is 2.24. The minimum absolute atomic E-state index is 0.0583. The summed E-state index contributed by atoms with van der Waals surface area (Å²) in [5.41, 5.74) is 2.12. The molecule has 0 amide bonds. The molecule has 5 nitrogen and oxygen atoms in total. The van der Waals surface area contributed by atoms with Gasteiger partial charge in [0.2, 0.25) is 5.88 Å². The molecular formula is C18H17FN2O3S. The van der Waals surface area contributed by atoms with E-state index in [0.717, 1.165) is 5.56 Å². The smallest absolute Gasteiger partial charge is 0.340 e. The Morgan fingerprint density at radius 1 is 1.08 bits per heavy atom. The van der Waals surface area contributed by atoms with Crippen molar-refractivity contribution in [1.82, 2.24) is 9.78 Å². The molecule has 0 atom stereocenters. The maximum atomic E-state index is 13.1. The Balaban J connectivity index is 2.00. The van der Waals surface area contributed by atoms with Gasteiger partial charge in [-0.15, -0.1) is 0 Å². The highest BCUT2D eigenvalue weighted by Gasteiger charge is 2.21. The summed E-state index contributed by atoms with van der Waals surface area (Å²) in [5, 5.41) is 4.33. The molecule has 3 rings (SSSR count). The van der Waals surface area contributed by atoms with Crippen molar-refractivity contribution in [1.29, 1.82) is 0 Å². The van der Waals surface area contributed by atoms with Crippen molar-refractivity contribution in [2.45, 2.75) is 25.2 Å². The van der Waals surface area contributed by atoms with Crippen LogP contribution >= 0.6 is 0 Å². The standard InChI is InChI=1S/C18H17FN2O3S/c1-3-15-12-18(21(20-15)16-8-6-14(19)7-9-16)24-25(22,23)17-10-4-13(2)5-11-17/h4-12H,3H2,1-2H3. The summed E-state index contributed by atoms with van der Waals surface area (Å²) < 4.78 is 44.8. The van der Waals surface area contributed by atoms with Crippen LogP contribution in [0.1, 0.15) is 18.2 Å². The van der Waals surface area contributed by atoms with E-state index in [-0.39, 0.29) is 16.6 Å². The molecule has 0 unspecified atom stereocenters. The first kappa shape index (κ1) is 17.2. The summed E-state index contributed by atoms with van der Waals surface area (Å²) >= 11 is 0. The molecule has 130 valence electrons. The predicted molar refractivity (Wildman–Crippen MR) is 91.9 cm³/mol. The Morgan fingerprint density at radius 2 is 1.72 bits per heavy atom. The normalized spacial score (nSPS) is 11.5. The van der Waals surface area contributed by atoms with Gasteiger partial charge in [-0.1, -0.05) is 24.6 Å². The maximum absolute atomic E-state index is 13.1. The van der Waals surface area contributed by atoms with Crippen LogP contribution in [-0.2, 0) is 16.5 Å². The average Bonchev–Trinajstić information content (AvgIpc) is 2.98. The Kier molecular flexibility index (Phi) is 4.59. The molecule has 1 heterocycles. The fraction of sp³-hybridized carbons (Fsp3) is 0.167. The summed E-state index contributed by atoms with van der Waals surface area (Å²) in [7, 11) is -4.00. The summed E-state index contributed by atoms with van der Waals surface area (Å²) in [4.78, 5) is 0.0583. The van der Waals surface area contributed by atoms with Gasteiger partial charge in [0.25, 0.3) is 0 Å². The third kappa shape index (κ3) is 3.71. The van der Waals surface area contributed by atoms with Gasteiger partial charge in [0.15, 0.2) is 0 Å². The molecule has 0 fully saturated rings. The van der Waals surface area contributed by atoms with Crippen molar-refractivity contribution in [3.05, 3.63) is 71.7 Å². The molecule has 0 spiro atoms. The Bertz CT molecular complexity index is 978. The number of halogens is 1. The third-order valence-corrected chi connectivity index (χ3v) is 4.91. The third-order valence-electron chi connectivity index (χ3n) is 3.67. The zero-order chi connectivity index (χ0) is 18.0. The maximum Gasteiger partial charge on any atom is 0.340 e. The Labute approximate surface area is 145 Å². The van der Waals surface area contributed by atoms with E-state index < -0.39 is 10.1 Å². The van der Waals surface area contributed by atoms with E-state index in [1.807, 2.05) is 13.8 Å². The topological polar surface area (TPSA) is 61.2 Å². The Morgan fingerprint density at radius 3 is 2.32 bits per heavy atom. The van der Waals surface area contributed by atoms with Gasteiger partial charge in [-0.3, -0.25) is 0 Å². The van der Waals surface area contributed by atoms with Crippen molar-refractivity contribution in [3.63, 3.8) is 0 Å². The summed E-state index contributed by atoms with van der Waals surface area (Å²) in [6.07, 6.45) is 0.606. The summed E-state index contributed by atoms with van der Waals surface area (Å²) in [6, 6.07) is 13.5. The zero-order valence-corrected chi connectivity index (χ0v) is 14.6. The number of hydrogen-bond donors (Lipinski definition) is 0. The molecule has 0 radical (unpaired) electrons. The second kappa shape index (κ2) is 6.68. The molecular weight excluding hydrogens is 343 g/mol. The minimum atomic E-state index is -4.00. The molecule has 1 aromatic heterocycles. The lowest BCUT2D eigenvalue weighted by Crippen LogP contribution is -2.12. The molecule has 0 N–H and O–H groups in total. The number of aromatic nitrogens is 2. The highest BCUT2D eigenvalue weighted by molar-refractivity contribution is 7.87. The molecule has 7 heteroatoms. The van der Waals surface area contributed by atoms with Crippen LogP contribution in [0.3, 0.4) is 0 Å². The van der Waals surface area contributed by atoms with E-state index in [1.165, 1.54) is 41.1 Å². The first-order valence-corrected chi connectivity index (χ1v) is 9.16.